The van der Waals surface area contributed by atoms with Crippen molar-refractivity contribution in [2.75, 3.05) is 39.8 Å². The number of likely N-dealkylation sites (N-methyl/N-ethyl adjacent to an activating group) is 1. The molecule has 5 nitrogen and oxygen atoms in total. The molecule has 2 aliphatic heterocycles. The second-order valence-electron chi connectivity index (χ2n) is 7.07. The Balaban J connectivity index is 1.59. The highest BCUT2D eigenvalue weighted by atomic mass is 32.2. The second-order valence-corrected chi connectivity index (χ2v) is 8.74. The molecule has 3 rings (SSSR count). The first-order valence-electron chi connectivity index (χ1n) is 9.39. The number of thiocarbonyl (C=S) groups is 1. The number of thioether (sulfide) groups is 1. The second kappa shape index (κ2) is 9.49. The number of benzene rings is 1. The van der Waals surface area contributed by atoms with E-state index in [0.717, 1.165) is 37.3 Å². The molecule has 28 heavy (non-hydrogen) atoms. The van der Waals surface area contributed by atoms with E-state index in [2.05, 4.69) is 11.9 Å². The van der Waals surface area contributed by atoms with Crippen LogP contribution in [0.25, 0.3) is 6.08 Å². The number of carbonyl (C=O) groups excluding carboxylic acids is 2. The van der Waals surface area contributed by atoms with Crippen LogP contribution in [0, 0.1) is 0 Å². The lowest BCUT2D eigenvalue weighted by Crippen LogP contribution is -2.47. The average molecular weight is 416 g/mol. The van der Waals surface area contributed by atoms with Gasteiger partial charge in [-0.05, 0) is 31.2 Å². The molecular formula is C21H25N3O2S2. The summed E-state index contributed by atoms with van der Waals surface area (Å²) in [6.07, 6.45) is 4.21. The van der Waals surface area contributed by atoms with Crippen molar-refractivity contribution in [3.63, 3.8) is 0 Å². The van der Waals surface area contributed by atoms with Gasteiger partial charge in [0.25, 0.3) is 5.91 Å². The molecule has 0 atom stereocenters. The lowest BCUT2D eigenvalue weighted by Gasteiger charge is -2.32. The summed E-state index contributed by atoms with van der Waals surface area (Å²) < 4.78 is 0.523. The van der Waals surface area contributed by atoms with Gasteiger partial charge in [-0.3, -0.25) is 14.5 Å². The van der Waals surface area contributed by atoms with E-state index >= 15 is 0 Å². The molecule has 0 aliphatic carbocycles. The van der Waals surface area contributed by atoms with Gasteiger partial charge in [-0.25, -0.2) is 0 Å². The van der Waals surface area contributed by atoms with Crippen LogP contribution in [0.15, 0.2) is 46.9 Å². The molecule has 2 saturated heterocycles. The summed E-state index contributed by atoms with van der Waals surface area (Å²) in [6, 6.07) is 9.98. The van der Waals surface area contributed by atoms with Gasteiger partial charge in [0.15, 0.2) is 0 Å². The van der Waals surface area contributed by atoms with E-state index < -0.39 is 0 Å². The molecule has 7 heteroatoms. The molecule has 0 unspecified atom stereocenters. The van der Waals surface area contributed by atoms with E-state index in [1.807, 2.05) is 54.3 Å². The van der Waals surface area contributed by atoms with Crippen molar-refractivity contribution in [3.8, 4) is 0 Å². The first kappa shape index (κ1) is 20.8. The van der Waals surface area contributed by atoms with Crippen LogP contribution in [0.4, 0.5) is 0 Å². The summed E-state index contributed by atoms with van der Waals surface area (Å²) in [5, 5.41) is 0. The molecular weight excluding hydrogens is 390 g/mol. The molecule has 0 N–H and O–H groups in total. The van der Waals surface area contributed by atoms with Crippen LogP contribution >= 0.6 is 24.0 Å². The number of carbonyl (C=O) groups is 2. The zero-order valence-corrected chi connectivity index (χ0v) is 17.9. The minimum atomic E-state index is -0.109. The Hall–Kier alpha value is -1.96. The standard InChI is InChI=1S/C21H25N3O2S2/c1-16(14-17-6-4-3-5-7-17)15-18-20(26)24(21(27)28-18)9-8-19(25)23-12-10-22(2)11-13-23/h3-7,14-15H,8-13H2,1-2H3/b16-14+,18-15-. The number of hydrogen-bond acceptors (Lipinski definition) is 5. The van der Waals surface area contributed by atoms with Crippen molar-refractivity contribution in [2.24, 2.45) is 0 Å². The van der Waals surface area contributed by atoms with Crippen molar-refractivity contribution in [3.05, 3.63) is 52.4 Å². The maximum atomic E-state index is 12.7. The van der Waals surface area contributed by atoms with E-state index in [1.165, 1.54) is 11.8 Å². The quantitative estimate of drug-likeness (QED) is 0.546. The van der Waals surface area contributed by atoms with Crippen molar-refractivity contribution >= 4 is 46.2 Å². The summed E-state index contributed by atoms with van der Waals surface area (Å²) >= 11 is 6.68. The van der Waals surface area contributed by atoms with Crippen molar-refractivity contribution in [1.29, 1.82) is 0 Å². The zero-order chi connectivity index (χ0) is 20.1. The van der Waals surface area contributed by atoms with Crippen LogP contribution in [0.1, 0.15) is 18.9 Å². The van der Waals surface area contributed by atoms with E-state index in [9.17, 15) is 9.59 Å². The average Bonchev–Trinajstić information content (AvgIpc) is 2.94. The number of piperazine rings is 1. The van der Waals surface area contributed by atoms with E-state index in [-0.39, 0.29) is 11.8 Å². The van der Waals surface area contributed by atoms with Crippen LogP contribution < -0.4 is 0 Å². The lowest BCUT2D eigenvalue weighted by atomic mass is 10.1. The largest absolute Gasteiger partial charge is 0.340 e. The third-order valence-electron chi connectivity index (χ3n) is 4.83. The number of nitrogens with zero attached hydrogens (tertiary/aromatic N) is 3. The van der Waals surface area contributed by atoms with Gasteiger partial charge >= 0.3 is 0 Å². The summed E-state index contributed by atoms with van der Waals surface area (Å²) in [4.78, 5) is 31.4. The Morgan fingerprint density at radius 2 is 1.86 bits per heavy atom. The van der Waals surface area contributed by atoms with Crippen LogP contribution in [-0.4, -0.2) is 70.6 Å². The van der Waals surface area contributed by atoms with Gasteiger partial charge < -0.3 is 9.80 Å². The fourth-order valence-electron chi connectivity index (χ4n) is 3.17. The van der Waals surface area contributed by atoms with Crippen molar-refractivity contribution < 1.29 is 9.59 Å². The summed E-state index contributed by atoms with van der Waals surface area (Å²) in [6.45, 7) is 5.59. The third kappa shape index (κ3) is 5.31. The number of rotatable bonds is 5. The van der Waals surface area contributed by atoms with Crippen LogP contribution in [0.5, 0.6) is 0 Å². The lowest BCUT2D eigenvalue weighted by molar-refractivity contribution is -0.133. The molecule has 1 aromatic carbocycles. The van der Waals surface area contributed by atoms with Crippen LogP contribution in [0.3, 0.4) is 0 Å². The van der Waals surface area contributed by atoms with Gasteiger partial charge in [0.05, 0.1) is 4.91 Å². The van der Waals surface area contributed by atoms with E-state index in [1.54, 1.807) is 4.90 Å². The summed E-state index contributed by atoms with van der Waals surface area (Å²) in [5.74, 6) is -0.0201. The van der Waals surface area contributed by atoms with Gasteiger partial charge in [0.2, 0.25) is 5.91 Å². The zero-order valence-electron chi connectivity index (χ0n) is 16.3. The molecule has 2 aliphatic rings. The molecule has 0 bridgehead atoms. The molecule has 148 valence electrons. The molecule has 0 saturated carbocycles. The first-order valence-corrected chi connectivity index (χ1v) is 10.6. The maximum absolute atomic E-state index is 12.7. The predicted molar refractivity (Wildman–Crippen MR) is 119 cm³/mol. The first-order chi connectivity index (χ1) is 13.4. The Morgan fingerprint density at radius 1 is 1.18 bits per heavy atom. The topological polar surface area (TPSA) is 43.9 Å². The maximum Gasteiger partial charge on any atom is 0.266 e. The Kier molecular flexibility index (Phi) is 7.04. The van der Waals surface area contributed by atoms with Gasteiger partial charge in [0.1, 0.15) is 4.32 Å². The van der Waals surface area contributed by atoms with Gasteiger partial charge in [-0.1, -0.05) is 60.4 Å². The van der Waals surface area contributed by atoms with Crippen molar-refractivity contribution in [1.82, 2.24) is 14.7 Å². The molecule has 2 amide bonds. The molecule has 0 aromatic heterocycles. The number of hydrogen-bond donors (Lipinski definition) is 0. The smallest absolute Gasteiger partial charge is 0.266 e. The van der Waals surface area contributed by atoms with Gasteiger partial charge in [0, 0.05) is 39.1 Å². The highest BCUT2D eigenvalue weighted by molar-refractivity contribution is 8.26. The Morgan fingerprint density at radius 3 is 2.54 bits per heavy atom. The SMILES string of the molecule is CC(/C=C1\SC(=S)N(CCC(=O)N2CCN(C)CC2)C1=O)=C\c1ccccc1. The van der Waals surface area contributed by atoms with Gasteiger partial charge in [-0.15, -0.1) is 0 Å². The molecule has 0 spiro atoms. The normalized spacial score (nSPS) is 20.4. The molecule has 1 aromatic rings. The van der Waals surface area contributed by atoms with Crippen molar-refractivity contribution in [2.45, 2.75) is 13.3 Å². The monoisotopic (exact) mass is 415 g/mol. The van der Waals surface area contributed by atoms with Gasteiger partial charge in [-0.2, -0.15) is 0 Å². The minimum Gasteiger partial charge on any atom is -0.340 e. The fourth-order valence-corrected chi connectivity index (χ4v) is 4.53. The Labute approximate surface area is 176 Å². The van der Waals surface area contributed by atoms with Crippen LogP contribution in [0.2, 0.25) is 0 Å². The highest BCUT2D eigenvalue weighted by Crippen LogP contribution is 2.32. The highest BCUT2D eigenvalue weighted by Gasteiger charge is 2.32. The fraction of sp³-hybridized carbons (Fsp3) is 0.381. The molecule has 2 fully saturated rings. The van der Waals surface area contributed by atoms with Crippen LogP contribution in [-0.2, 0) is 9.59 Å². The predicted octanol–water partition coefficient (Wildman–Crippen LogP) is 3.00. The summed E-state index contributed by atoms with van der Waals surface area (Å²) in [5.41, 5.74) is 2.07. The minimum absolute atomic E-state index is 0.0892. The molecule has 0 radical (unpaired) electrons. The van der Waals surface area contributed by atoms with E-state index in [0.29, 0.717) is 22.2 Å². The third-order valence-corrected chi connectivity index (χ3v) is 6.21. The molecule has 2 heterocycles. The number of amides is 2. The summed E-state index contributed by atoms with van der Waals surface area (Å²) in [7, 11) is 2.06. The Bertz CT molecular complexity index is 812. The van der Waals surface area contributed by atoms with E-state index in [4.69, 9.17) is 12.2 Å². The number of allylic oxidation sites excluding steroid dienone is 2.